The fraction of sp³-hybridized carbons (Fsp3) is 0.167. The maximum atomic E-state index is 10.9. The van der Waals surface area contributed by atoms with E-state index in [9.17, 15) is 14.7 Å². The van der Waals surface area contributed by atoms with Crippen LogP contribution in [0.3, 0.4) is 0 Å². The molecule has 6 nitrogen and oxygen atoms in total. The van der Waals surface area contributed by atoms with Crippen molar-refractivity contribution in [2.75, 3.05) is 0 Å². The first kappa shape index (κ1) is 12.1. The summed E-state index contributed by atoms with van der Waals surface area (Å²) in [5.74, 6) is -3.56. The van der Waals surface area contributed by atoms with Gasteiger partial charge >= 0.3 is 11.9 Å². The van der Waals surface area contributed by atoms with Gasteiger partial charge < -0.3 is 20.3 Å². The number of H-pyrrole nitrogens is 1. The van der Waals surface area contributed by atoms with Crippen LogP contribution in [0.25, 0.3) is 10.9 Å². The number of aromatic amines is 1. The van der Waals surface area contributed by atoms with Gasteiger partial charge in [-0.25, -0.2) is 9.59 Å². The van der Waals surface area contributed by atoms with Gasteiger partial charge in [0.15, 0.2) is 0 Å². The molecule has 0 atom stereocenters. The summed E-state index contributed by atoms with van der Waals surface area (Å²) in [5, 5.41) is 28.0. The van der Waals surface area contributed by atoms with E-state index in [1.165, 1.54) is 6.20 Å². The Labute approximate surface area is 101 Å². The van der Waals surface area contributed by atoms with Crippen molar-refractivity contribution in [3.63, 3.8) is 0 Å². The number of carboxylic acid groups (broad SMARTS) is 2. The van der Waals surface area contributed by atoms with Gasteiger partial charge in [-0.2, -0.15) is 0 Å². The highest BCUT2D eigenvalue weighted by molar-refractivity contribution is 6.02. The van der Waals surface area contributed by atoms with E-state index in [0.29, 0.717) is 10.9 Å². The molecule has 0 saturated carbocycles. The molecule has 0 radical (unpaired) electrons. The molecule has 1 aromatic carbocycles. The number of nitrogens with one attached hydrogen (secondary N) is 1. The molecule has 0 aliphatic heterocycles. The van der Waals surface area contributed by atoms with E-state index in [-0.39, 0.29) is 0 Å². The van der Waals surface area contributed by atoms with Crippen molar-refractivity contribution in [2.24, 2.45) is 0 Å². The third-order valence-electron chi connectivity index (χ3n) is 2.83. The molecule has 6 heteroatoms. The smallest absolute Gasteiger partial charge is 0.347 e. The summed E-state index contributed by atoms with van der Waals surface area (Å²) in [5.41, 5.74) is -1.62. The monoisotopic (exact) mass is 249 g/mol. The second kappa shape index (κ2) is 4.15. The summed E-state index contributed by atoms with van der Waals surface area (Å²) >= 11 is 0. The van der Waals surface area contributed by atoms with E-state index in [1.807, 2.05) is 0 Å². The van der Waals surface area contributed by atoms with Crippen molar-refractivity contribution in [1.82, 2.24) is 4.98 Å². The minimum Gasteiger partial charge on any atom is -0.479 e. The van der Waals surface area contributed by atoms with Crippen molar-refractivity contribution in [3.8, 4) is 0 Å². The van der Waals surface area contributed by atoms with Gasteiger partial charge in [0.1, 0.15) is 0 Å². The lowest BCUT2D eigenvalue weighted by atomic mass is 9.94. The summed E-state index contributed by atoms with van der Waals surface area (Å²) in [7, 11) is 0. The average molecular weight is 249 g/mol. The van der Waals surface area contributed by atoms with Gasteiger partial charge in [0.25, 0.3) is 5.60 Å². The number of aromatic nitrogens is 1. The molecule has 18 heavy (non-hydrogen) atoms. The Balaban J connectivity index is 2.44. The minimum absolute atomic E-state index is 0.443. The Morgan fingerprint density at radius 2 is 1.78 bits per heavy atom. The summed E-state index contributed by atoms with van der Waals surface area (Å²) in [6, 6.07) is 7.05. The third kappa shape index (κ3) is 1.82. The lowest BCUT2D eigenvalue weighted by Crippen LogP contribution is -2.48. The van der Waals surface area contributed by atoms with Crippen molar-refractivity contribution in [1.29, 1.82) is 0 Å². The van der Waals surface area contributed by atoms with Gasteiger partial charge in [0.05, 0.1) is 0 Å². The first-order chi connectivity index (χ1) is 8.45. The highest BCUT2D eigenvalue weighted by atomic mass is 16.4. The third-order valence-corrected chi connectivity index (χ3v) is 2.83. The topological polar surface area (TPSA) is 111 Å². The SMILES string of the molecule is O=C(O)C(O)(Cc1c[nH]c2ccccc12)C(=O)O. The van der Waals surface area contributed by atoms with Gasteiger partial charge in [-0.05, 0) is 11.6 Å². The first-order valence-corrected chi connectivity index (χ1v) is 5.19. The van der Waals surface area contributed by atoms with E-state index >= 15 is 0 Å². The Morgan fingerprint density at radius 1 is 1.17 bits per heavy atom. The summed E-state index contributed by atoms with van der Waals surface area (Å²) < 4.78 is 0. The lowest BCUT2D eigenvalue weighted by molar-refractivity contribution is -0.175. The molecule has 4 N–H and O–H groups in total. The molecule has 0 aliphatic carbocycles. The normalized spacial score (nSPS) is 11.6. The number of hydrogen-bond donors (Lipinski definition) is 4. The molecule has 94 valence electrons. The summed E-state index contributed by atoms with van der Waals surface area (Å²) in [4.78, 5) is 24.7. The number of carboxylic acids is 2. The standard InChI is InChI=1S/C12H11NO5/c14-10(15)12(18,11(16)17)5-7-6-13-9-4-2-1-3-8(7)9/h1-4,6,13,18H,5H2,(H,14,15)(H,16,17). The van der Waals surface area contributed by atoms with Crippen molar-refractivity contribution < 1.29 is 24.9 Å². The molecule has 0 saturated heterocycles. The molecule has 1 aromatic heterocycles. The largest absolute Gasteiger partial charge is 0.479 e. The van der Waals surface area contributed by atoms with Crippen LogP contribution in [0.4, 0.5) is 0 Å². The van der Waals surface area contributed by atoms with Crippen LogP contribution in [-0.2, 0) is 16.0 Å². The fourth-order valence-electron chi connectivity index (χ4n) is 1.80. The predicted octanol–water partition coefficient (Wildman–Crippen LogP) is 0.611. The van der Waals surface area contributed by atoms with Crippen LogP contribution in [0, 0.1) is 0 Å². The van der Waals surface area contributed by atoms with Gasteiger partial charge in [-0.3, -0.25) is 0 Å². The van der Waals surface area contributed by atoms with Gasteiger partial charge in [-0.15, -0.1) is 0 Å². The van der Waals surface area contributed by atoms with E-state index in [0.717, 1.165) is 5.52 Å². The molecule has 0 spiro atoms. The molecular formula is C12H11NO5. The highest BCUT2D eigenvalue weighted by Crippen LogP contribution is 2.23. The molecule has 0 amide bonds. The van der Waals surface area contributed by atoms with Crippen LogP contribution in [0.2, 0.25) is 0 Å². The number of para-hydroxylation sites is 1. The Morgan fingerprint density at radius 3 is 2.39 bits per heavy atom. The van der Waals surface area contributed by atoms with Gasteiger partial charge in [-0.1, -0.05) is 18.2 Å². The zero-order valence-corrected chi connectivity index (χ0v) is 9.25. The predicted molar refractivity (Wildman–Crippen MR) is 62.2 cm³/mol. The van der Waals surface area contributed by atoms with Crippen LogP contribution in [0.15, 0.2) is 30.5 Å². The maximum Gasteiger partial charge on any atom is 0.347 e. The van der Waals surface area contributed by atoms with Crippen LogP contribution in [0.1, 0.15) is 5.56 Å². The van der Waals surface area contributed by atoms with E-state index in [4.69, 9.17) is 10.2 Å². The molecule has 0 fully saturated rings. The Bertz CT molecular complexity index is 602. The van der Waals surface area contributed by atoms with Crippen LogP contribution < -0.4 is 0 Å². The zero-order valence-electron chi connectivity index (χ0n) is 9.25. The summed E-state index contributed by atoms with van der Waals surface area (Å²) in [6.07, 6.45) is 1.00. The van der Waals surface area contributed by atoms with Gasteiger partial charge in [0.2, 0.25) is 0 Å². The van der Waals surface area contributed by atoms with Crippen molar-refractivity contribution in [3.05, 3.63) is 36.0 Å². The molecule has 0 aliphatic rings. The van der Waals surface area contributed by atoms with Crippen LogP contribution in [0.5, 0.6) is 0 Å². The molecular weight excluding hydrogens is 238 g/mol. The molecule has 2 rings (SSSR count). The fourth-order valence-corrected chi connectivity index (χ4v) is 1.80. The number of carbonyl (C=O) groups is 2. The first-order valence-electron chi connectivity index (χ1n) is 5.19. The highest BCUT2D eigenvalue weighted by Gasteiger charge is 2.45. The van der Waals surface area contributed by atoms with Crippen molar-refractivity contribution >= 4 is 22.8 Å². The van der Waals surface area contributed by atoms with Crippen molar-refractivity contribution in [2.45, 2.75) is 12.0 Å². The lowest BCUT2D eigenvalue weighted by Gasteiger charge is -2.17. The van der Waals surface area contributed by atoms with Crippen LogP contribution in [-0.4, -0.2) is 37.8 Å². The molecule has 0 bridgehead atoms. The van der Waals surface area contributed by atoms with Crippen LogP contribution >= 0.6 is 0 Å². The number of rotatable bonds is 4. The number of aliphatic hydroxyl groups is 1. The second-order valence-corrected chi connectivity index (χ2v) is 4.01. The number of fused-ring (bicyclic) bond motifs is 1. The average Bonchev–Trinajstić information content (AvgIpc) is 2.72. The molecule has 2 aromatic rings. The zero-order chi connectivity index (χ0) is 13.3. The Kier molecular flexibility index (Phi) is 2.80. The maximum absolute atomic E-state index is 10.9. The Hall–Kier alpha value is -2.34. The van der Waals surface area contributed by atoms with E-state index < -0.39 is 24.0 Å². The quantitative estimate of drug-likeness (QED) is 0.593. The molecule has 1 heterocycles. The van der Waals surface area contributed by atoms with E-state index in [1.54, 1.807) is 24.3 Å². The number of benzene rings is 1. The molecule has 0 unspecified atom stereocenters. The number of aliphatic carboxylic acids is 2. The van der Waals surface area contributed by atoms with E-state index in [2.05, 4.69) is 4.98 Å². The summed E-state index contributed by atoms with van der Waals surface area (Å²) in [6.45, 7) is 0. The number of hydrogen-bond acceptors (Lipinski definition) is 3. The minimum atomic E-state index is -2.81. The second-order valence-electron chi connectivity index (χ2n) is 4.01. The van der Waals surface area contributed by atoms with Gasteiger partial charge in [0, 0.05) is 23.5 Å².